The molecule has 4 heteroatoms. The average molecular weight is 310 g/mol. The minimum Gasteiger partial charge on any atom is -0.445 e. The summed E-state index contributed by atoms with van der Waals surface area (Å²) in [7, 11) is 0. The zero-order chi connectivity index (χ0) is 16.1. The number of carbonyl (C=O) groups excluding carboxylic acids is 1. The average Bonchev–Trinajstić information content (AvgIpc) is 2.61. The van der Waals surface area contributed by atoms with E-state index < -0.39 is 0 Å². The van der Waals surface area contributed by atoms with E-state index in [1.807, 2.05) is 48.5 Å². The van der Waals surface area contributed by atoms with Gasteiger partial charge in [0.2, 0.25) is 0 Å². The third kappa shape index (κ3) is 3.90. The van der Waals surface area contributed by atoms with E-state index in [4.69, 9.17) is 10.5 Å². The van der Waals surface area contributed by atoms with Crippen molar-refractivity contribution in [3.63, 3.8) is 0 Å². The molecule has 0 saturated carbocycles. The second kappa shape index (κ2) is 7.29. The van der Waals surface area contributed by atoms with E-state index in [0.717, 1.165) is 12.0 Å². The van der Waals surface area contributed by atoms with Crippen LogP contribution in [-0.4, -0.2) is 30.1 Å². The number of piperidine rings is 1. The molecular weight excluding hydrogens is 288 g/mol. The molecule has 2 atom stereocenters. The number of amides is 1. The van der Waals surface area contributed by atoms with E-state index in [1.165, 1.54) is 5.56 Å². The van der Waals surface area contributed by atoms with Crippen LogP contribution >= 0.6 is 0 Å². The van der Waals surface area contributed by atoms with Gasteiger partial charge in [-0.15, -0.1) is 0 Å². The van der Waals surface area contributed by atoms with Crippen LogP contribution in [0.2, 0.25) is 0 Å². The smallest absolute Gasteiger partial charge is 0.410 e. The Labute approximate surface area is 136 Å². The maximum absolute atomic E-state index is 12.2. The second-order valence-corrected chi connectivity index (χ2v) is 5.96. The number of likely N-dealkylation sites (tertiary alicyclic amines) is 1. The molecule has 1 fully saturated rings. The molecule has 0 spiro atoms. The van der Waals surface area contributed by atoms with Crippen LogP contribution in [0.15, 0.2) is 60.7 Å². The van der Waals surface area contributed by atoms with E-state index in [0.29, 0.717) is 25.6 Å². The van der Waals surface area contributed by atoms with Gasteiger partial charge in [0.1, 0.15) is 6.61 Å². The first-order chi connectivity index (χ1) is 11.2. The maximum atomic E-state index is 12.2. The SMILES string of the molecule is N[C@@H]1CN(C(=O)OCc2ccccc2)CC[C@H]1c1ccccc1. The monoisotopic (exact) mass is 310 g/mol. The number of hydrogen-bond acceptors (Lipinski definition) is 3. The first kappa shape index (κ1) is 15.6. The summed E-state index contributed by atoms with van der Waals surface area (Å²) in [5, 5.41) is 0. The molecule has 1 aliphatic rings. The van der Waals surface area contributed by atoms with Crippen molar-refractivity contribution in [1.82, 2.24) is 4.90 Å². The number of hydrogen-bond donors (Lipinski definition) is 1. The standard InChI is InChI=1S/C19H22N2O2/c20-18-13-21(12-11-17(18)16-9-5-2-6-10-16)19(22)23-14-15-7-3-1-4-8-15/h1-10,17-18H,11-14,20H2/t17-,18+/m0/s1. The van der Waals surface area contributed by atoms with Crippen molar-refractivity contribution in [1.29, 1.82) is 0 Å². The zero-order valence-electron chi connectivity index (χ0n) is 13.1. The van der Waals surface area contributed by atoms with Crippen molar-refractivity contribution < 1.29 is 9.53 Å². The van der Waals surface area contributed by atoms with Crippen LogP contribution in [-0.2, 0) is 11.3 Å². The molecule has 1 heterocycles. The van der Waals surface area contributed by atoms with Crippen LogP contribution in [0, 0.1) is 0 Å². The molecule has 3 rings (SSSR count). The Bertz CT molecular complexity index is 630. The lowest BCUT2D eigenvalue weighted by Crippen LogP contribution is -2.49. The number of carbonyl (C=O) groups is 1. The van der Waals surface area contributed by atoms with Crippen LogP contribution in [0.5, 0.6) is 0 Å². The van der Waals surface area contributed by atoms with Gasteiger partial charge in [0, 0.05) is 25.0 Å². The molecule has 0 unspecified atom stereocenters. The van der Waals surface area contributed by atoms with Crippen molar-refractivity contribution in [3.8, 4) is 0 Å². The largest absolute Gasteiger partial charge is 0.445 e. The number of nitrogens with two attached hydrogens (primary N) is 1. The second-order valence-electron chi connectivity index (χ2n) is 5.96. The van der Waals surface area contributed by atoms with Gasteiger partial charge >= 0.3 is 6.09 Å². The summed E-state index contributed by atoms with van der Waals surface area (Å²) in [4.78, 5) is 13.9. The quantitative estimate of drug-likeness (QED) is 0.947. The van der Waals surface area contributed by atoms with E-state index >= 15 is 0 Å². The molecule has 4 nitrogen and oxygen atoms in total. The van der Waals surface area contributed by atoms with Crippen LogP contribution in [0.4, 0.5) is 4.79 Å². The van der Waals surface area contributed by atoms with Crippen molar-refractivity contribution >= 4 is 6.09 Å². The summed E-state index contributed by atoms with van der Waals surface area (Å²) in [6.45, 7) is 1.52. The van der Waals surface area contributed by atoms with E-state index in [9.17, 15) is 4.79 Å². The molecule has 2 aromatic rings. The Kier molecular flexibility index (Phi) is 4.93. The van der Waals surface area contributed by atoms with Crippen molar-refractivity contribution in [2.75, 3.05) is 13.1 Å². The molecule has 0 bridgehead atoms. The van der Waals surface area contributed by atoms with E-state index in [1.54, 1.807) is 4.90 Å². The molecular formula is C19H22N2O2. The number of ether oxygens (including phenoxy) is 1. The van der Waals surface area contributed by atoms with Crippen molar-refractivity contribution in [2.24, 2.45) is 5.73 Å². The summed E-state index contributed by atoms with van der Waals surface area (Å²) < 4.78 is 5.39. The van der Waals surface area contributed by atoms with E-state index in [2.05, 4.69) is 12.1 Å². The Morgan fingerprint density at radius 1 is 1.09 bits per heavy atom. The summed E-state index contributed by atoms with van der Waals surface area (Å²) in [6.07, 6.45) is 0.585. The summed E-state index contributed by atoms with van der Waals surface area (Å²) in [5.41, 5.74) is 8.53. The third-order valence-corrected chi connectivity index (χ3v) is 4.35. The lowest BCUT2D eigenvalue weighted by Gasteiger charge is -2.36. The van der Waals surface area contributed by atoms with Crippen LogP contribution < -0.4 is 5.73 Å². The van der Waals surface area contributed by atoms with E-state index in [-0.39, 0.29) is 12.1 Å². The third-order valence-electron chi connectivity index (χ3n) is 4.35. The molecule has 1 saturated heterocycles. The van der Waals surface area contributed by atoms with Crippen LogP contribution in [0.3, 0.4) is 0 Å². The highest BCUT2D eigenvalue weighted by Gasteiger charge is 2.30. The Morgan fingerprint density at radius 3 is 2.39 bits per heavy atom. The minimum atomic E-state index is -0.282. The van der Waals surface area contributed by atoms with Gasteiger partial charge in [-0.1, -0.05) is 60.7 Å². The van der Waals surface area contributed by atoms with Gasteiger partial charge in [-0.2, -0.15) is 0 Å². The molecule has 23 heavy (non-hydrogen) atoms. The molecule has 0 aromatic heterocycles. The summed E-state index contributed by atoms with van der Waals surface area (Å²) in [6, 6.07) is 19.9. The normalized spacial score (nSPS) is 21.0. The van der Waals surface area contributed by atoms with Gasteiger partial charge in [-0.3, -0.25) is 0 Å². The zero-order valence-corrected chi connectivity index (χ0v) is 13.1. The number of rotatable bonds is 3. The topological polar surface area (TPSA) is 55.6 Å². The van der Waals surface area contributed by atoms with Crippen LogP contribution in [0.25, 0.3) is 0 Å². The Morgan fingerprint density at radius 2 is 1.74 bits per heavy atom. The van der Waals surface area contributed by atoms with Gasteiger partial charge in [0.05, 0.1) is 0 Å². The maximum Gasteiger partial charge on any atom is 0.410 e. The van der Waals surface area contributed by atoms with Crippen molar-refractivity contribution in [3.05, 3.63) is 71.8 Å². The predicted octanol–water partition coefficient (Wildman–Crippen LogP) is 3.14. The molecule has 0 radical (unpaired) electrons. The fraction of sp³-hybridized carbons (Fsp3) is 0.316. The molecule has 120 valence electrons. The molecule has 1 amide bonds. The first-order valence-corrected chi connectivity index (χ1v) is 8.00. The number of benzene rings is 2. The predicted molar refractivity (Wildman–Crippen MR) is 90.0 cm³/mol. The molecule has 2 N–H and O–H groups in total. The molecule has 0 aliphatic carbocycles. The first-order valence-electron chi connectivity index (χ1n) is 8.00. The minimum absolute atomic E-state index is 0.0598. The van der Waals surface area contributed by atoms with Crippen LogP contribution in [0.1, 0.15) is 23.5 Å². The van der Waals surface area contributed by atoms with Gasteiger partial charge in [0.25, 0.3) is 0 Å². The highest BCUT2D eigenvalue weighted by molar-refractivity contribution is 5.68. The van der Waals surface area contributed by atoms with Gasteiger partial charge in [-0.05, 0) is 17.5 Å². The highest BCUT2D eigenvalue weighted by Crippen LogP contribution is 2.27. The van der Waals surface area contributed by atoms with Crippen molar-refractivity contribution in [2.45, 2.75) is 25.0 Å². The number of nitrogens with zero attached hydrogens (tertiary/aromatic N) is 1. The summed E-state index contributed by atoms with van der Waals surface area (Å²) >= 11 is 0. The van der Waals surface area contributed by atoms with Gasteiger partial charge in [0.15, 0.2) is 0 Å². The lowest BCUT2D eigenvalue weighted by molar-refractivity contribution is 0.0831. The lowest BCUT2D eigenvalue weighted by atomic mass is 9.86. The van der Waals surface area contributed by atoms with Gasteiger partial charge in [-0.25, -0.2) is 4.79 Å². The Hall–Kier alpha value is -2.33. The summed E-state index contributed by atoms with van der Waals surface area (Å²) in [5.74, 6) is 0.300. The molecule has 2 aromatic carbocycles. The Balaban J connectivity index is 1.54. The van der Waals surface area contributed by atoms with Gasteiger partial charge < -0.3 is 15.4 Å². The molecule has 1 aliphatic heterocycles. The fourth-order valence-corrected chi connectivity index (χ4v) is 3.07. The highest BCUT2D eigenvalue weighted by atomic mass is 16.6. The fourth-order valence-electron chi connectivity index (χ4n) is 3.07.